The molecule has 1 aromatic heterocycles. The van der Waals surface area contributed by atoms with E-state index in [0.717, 1.165) is 22.5 Å². The van der Waals surface area contributed by atoms with Crippen LogP contribution in [0.25, 0.3) is 16.9 Å². The van der Waals surface area contributed by atoms with Crippen molar-refractivity contribution in [2.24, 2.45) is 0 Å². The number of hydrogen-bond donors (Lipinski definition) is 1. The minimum absolute atomic E-state index is 0.0449. The minimum Gasteiger partial charge on any atom is -0.290 e. The highest BCUT2D eigenvalue weighted by Crippen LogP contribution is 2.21. The number of nitrogens with zero attached hydrogens (tertiary/aromatic N) is 1. The zero-order valence-corrected chi connectivity index (χ0v) is 12.5. The van der Waals surface area contributed by atoms with E-state index in [4.69, 9.17) is 0 Å². The quantitative estimate of drug-likeness (QED) is 0.761. The molecule has 0 amide bonds. The fourth-order valence-corrected chi connectivity index (χ4v) is 2.47. The smallest absolute Gasteiger partial charge is 0.271 e. The Morgan fingerprint density at radius 2 is 1.62 bits per heavy atom. The number of hydrogen-bond acceptors (Lipinski definition) is 1. The first kappa shape index (κ1) is 13.4. The van der Waals surface area contributed by atoms with Gasteiger partial charge in [0.1, 0.15) is 0 Å². The number of nitrogens with one attached hydrogen (secondary N) is 1. The number of aromatic nitrogens is 2. The number of aromatic amines is 1. The Hall–Kier alpha value is -2.55. The zero-order chi connectivity index (χ0) is 15.0. The topological polar surface area (TPSA) is 37.8 Å². The van der Waals surface area contributed by atoms with Crippen LogP contribution in [0.4, 0.5) is 0 Å². The highest BCUT2D eigenvalue weighted by atomic mass is 16.1. The van der Waals surface area contributed by atoms with Gasteiger partial charge in [0.25, 0.3) is 5.56 Å². The molecule has 106 valence electrons. The second kappa shape index (κ2) is 5.09. The summed E-state index contributed by atoms with van der Waals surface area (Å²) in [5.41, 5.74) is 6.25. The molecular formula is C18H18N2O. The zero-order valence-electron chi connectivity index (χ0n) is 12.5. The Labute approximate surface area is 123 Å². The van der Waals surface area contributed by atoms with E-state index < -0.39 is 0 Å². The van der Waals surface area contributed by atoms with Crippen LogP contribution in [-0.2, 0) is 0 Å². The molecule has 0 bridgehead atoms. The highest BCUT2D eigenvalue weighted by Gasteiger charge is 2.09. The predicted octanol–water partition coefficient (Wildman–Crippen LogP) is 3.76. The van der Waals surface area contributed by atoms with Gasteiger partial charge < -0.3 is 0 Å². The molecule has 3 nitrogen and oxygen atoms in total. The molecule has 0 aliphatic rings. The average molecular weight is 278 g/mol. The van der Waals surface area contributed by atoms with E-state index in [1.807, 2.05) is 49.4 Å². The average Bonchev–Trinajstić information content (AvgIpc) is 2.84. The van der Waals surface area contributed by atoms with Crippen LogP contribution in [0.5, 0.6) is 0 Å². The van der Waals surface area contributed by atoms with Gasteiger partial charge in [-0.05, 0) is 49.6 Å². The molecule has 1 heterocycles. The molecular weight excluding hydrogens is 260 g/mol. The lowest BCUT2D eigenvalue weighted by atomic mass is 10.1. The van der Waals surface area contributed by atoms with Crippen LogP contribution in [-0.4, -0.2) is 9.78 Å². The molecule has 0 fully saturated rings. The van der Waals surface area contributed by atoms with E-state index in [1.54, 1.807) is 10.7 Å². The predicted molar refractivity (Wildman–Crippen MR) is 86.0 cm³/mol. The third-order valence-electron chi connectivity index (χ3n) is 3.90. The fourth-order valence-electron chi connectivity index (χ4n) is 2.47. The van der Waals surface area contributed by atoms with Crippen molar-refractivity contribution >= 4 is 0 Å². The van der Waals surface area contributed by atoms with Gasteiger partial charge in [0, 0.05) is 11.6 Å². The lowest BCUT2D eigenvalue weighted by Gasteiger charge is -2.06. The maximum absolute atomic E-state index is 12.3. The molecule has 3 rings (SSSR count). The Balaban J connectivity index is 2.12. The number of rotatable bonds is 2. The van der Waals surface area contributed by atoms with Crippen LogP contribution in [0.2, 0.25) is 0 Å². The molecule has 0 atom stereocenters. The largest absolute Gasteiger partial charge is 0.290 e. The molecule has 1 N–H and O–H groups in total. The third-order valence-corrected chi connectivity index (χ3v) is 3.90. The first-order chi connectivity index (χ1) is 10.1. The normalized spacial score (nSPS) is 10.8. The van der Waals surface area contributed by atoms with Crippen LogP contribution >= 0.6 is 0 Å². The Morgan fingerprint density at radius 1 is 0.857 bits per heavy atom. The molecule has 0 saturated carbocycles. The summed E-state index contributed by atoms with van der Waals surface area (Å²) < 4.78 is 1.59. The summed E-state index contributed by atoms with van der Waals surface area (Å²) >= 11 is 0. The van der Waals surface area contributed by atoms with E-state index in [0.29, 0.717) is 0 Å². The van der Waals surface area contributed by atoms with E-state index in [9.17, 15) is 4.79 Å². The van der Waals surface area contributed by atoms with Crippen molar-refractivity contribution < 1.29 is 0 Å². The number of benzene rings is 2. The lowest BCUT2D eigenvalue weighted by Crippen LogP contribution is -2.13. The number of H-pyrrole nitrogens is 1. The first-order valence-electron chi connectivity index (χ1n) is 7.02. The van der Waals surface area contributed by atoms with E-state index in [1.165, 1.54) is 11.1 Å². The molecule has 0 aliphatic carbocycles. The fraction of sp³-hybridized carbons (Fsp3) is 0.167. The van der Waals surface area contributed by atoms with Crippen molar-refractivity contribution in [1.82, 2.24) is 9.78 Å². The van der Waals surface area contributed by atoms with Gasteiger partial charge in [0.15, 0.2) is 0 Å². The number of aryl methyl sites for hydroxylation is 3. The minimum atomic E-state index is -0.0449. The van der Waals surface area contributed by atoms with Gasteiger partial charge in [-0.2, -0.15) is 0 Å². The summed E-state index contributed by atoms with van der Waals surface area (Å²) in [5, 5.41) is 3.21. The van der Waals surface area contributed by atoms with Gasteiger partial charge in [0.05, 0.1) is 11.4 Å². The molecule has 3 aromatic rings. The van der Waals surface area contributed by atoms with Crippen LogP contribution < -0.4 is 5.56 Å². The molecule has 0 unspecified atom stereocenters. The Morgan fingerprint density at radius 3 is 2.33 bits per heavy atom. The standard InChI is InChI=1S/C18H18N2O/c1-12-8-9-15(10-14(12)3)20-18(21)11-17(19-20)16-7-5-4-6-13(16)2/h4-11,19H,1-3H3. The summed E-state index contributed by atoms with van der Waals surface area (Å²) in [5.74, 6) is 0. The summed E-state index contributed by atoms with van der Waals surface area (Å²) in [7, 11) is 0. The van der Waals surface area contributed by atoms with Gasteiger partial charge in [-0.15, -0.1) is 0 Å². The van der Waals surface area contributed by atoms with Gasteiger partial charge >= 0.3 is 0 Å². The maximum Gasteiger partial charge on any atom is 0.271 e. The summed E-state index contributed by atoms with van der Waals surface area (Å²) in [6.45, 7) is 6.16. The molecule has 2 aromatic carbocycles. The molecule has 0 radical (unpaired) electrons. The lowest BCUT2D eigenvalue weighted by molar-refractivity contribution is 0.850. The van der Waals surface area contributed by atoms with E-state index >= 15 is 0 Å². The van der Waals surface area contributed by atoms with E-state index in [2.05, 4.69) is 18.9 Å². The van der Waals surface area contributed by atoms with Crippen molar-refractivity contribution in [3.63, 3.8) is 0 Å². The van der Waals surface area contributed by atoms with Gasteiger partial charge in [-0.1, -0.05) is 30.3 Å². The van der Waals surface area contributed by atoms with Crippen molar-refractivity contribution in [2.75, 3.05) is 0 Å². The summed E-state index contributed by atoms with van der Waals surface area (Å²) in [6, 6.07) is 15.7. The maximum atomic E-state index is 12.3. The third kappa shape index (κ3) is 2.42. The molecule has 0 aliphatic heterocycles. The Kier molecular flexibility index (Phi) is 3.26. The highest BCUT2D eigenvalue weighted by molar-refractivity contribution is 5.63. The van der Waals surface area contributed by atoms with Crippen LogP contribution in [0.15, 0.2) is 53.3 Å². The van der Waals surface area contributed by atoms with E-state index in [-0.39, 0.29) is 5.56 Å². The summed E-state index contributed by atoms with van der Waals surface area (Å²) in [4.78, 5) is 12.3. The van der Waals surface area contributed by atoms with Crippen molar-refractivity contribution in [2.45, 2.75) is 20.8 Å². The summed E-state index contributed by atoms with van der Waals surface area (Å²) in [6.07, 6.45) is 0. The molecule has 0 saturated heterocycles. The van der Waals surface area contributed by atoms with Crippen molar-refractivity contribution in [1.29, 1.82) is 0 Å². The second-order valence-corrected chi connectivity index (χ2v) is 5.43. The van der Waals surface area contributed by atoms with Crippen molar-refractivity contribution in [3.05, 3.63) is 75.6 Å². The van der Waals surface area contributed by atoms with Gasteiger partial charge in [-0.3, -0.25) is 9.89 Å². The first-order valence-corrected chi connectivity index (χ1v) is 7.02. The van der Waals surface area contributed by atoms with Crippen molar-refractivity contribution in [3.8, 4) is 16.9 Å². The van der Waals surface area contributed by atoms with Crippen LogP contribution in [0.1, 0.15) is 16.7 Å². The molecule has 0 spiro atoms. The monoisotopic (exact) mass is 278 g/mol. The van der Waals surface area contributed by atoms with Crippen LogP contribution in [0.3, 0.4) is 0 Å². The van der Waals surface area contributed by atoms with Gasteiger partial charge in [-0.25, -0.2) is 4.68 Å². The van der Waals surface area contributed by atoms with Crippen LogP contribution in [0, 0.1) is 20.8 Å². The Bertz CT molecular complexity index is 856. The SMILES string of the molecule is Cc1ccc(-n2[nH]c(-c3ccccc3C)cc2=O)cc1C. The molecule has 3 heteroatoms. The van der Waals surface area contributed by atoms with Gasteiger partial charge in [0.2, 0.25) is 0 Å². The molecule has 21 heavy (non-hydrogen) atoms. The second-order valence-electron chi connectivity index (χ2n) is 5.43.